The lowest BCUT2D eigenvalue weighted by Gasteiger charge is -2.73. The fraction of sp³-hybridized carbons (Fsp3) is 0.576. The SMILES string of the molecule is COC(=O)Cn1cc(-c2nc3ccccc3n([C@H]3C[C@H]4CCC[C@@H](C3)N4[C@]34C[C@H]5CCC3[C@H](C5)C4)c2=O)ccc1=O. The van der Waals surface area contributed by atoms with Crippen LogP contribution in [0.25, 0.3) is 22.3 Å². The quantitative estimate of drug-likeness (QED) is 0.431. The number of hydrogen-bond acceptors (Lipinski definition) is 6. The highest BCUT2D eigenvalue weighted by molar-refractivity contribution is 5.78. The Morgan fingerprint density at radius 2 is 1.78 bits per heavy atom. The number of carbonyl (C=O) groups is 1. The number of esters is 1. The van der Waals surface area contributed by atoms with Crippen molar-refractivity contribution >= 4 is 17.0 Å². The summed E-state index contributed by atoms with van der Waals surface area (Å²) in [5.74, 6) is 2.26. The van der Waals surface area contributed by atoms with Gasteiger partial charge in [-0.1, -0.05) is 25.0 Å². The average Bonchev–Trinajstić information content (AvgIpc) is 2.97. The zero-order chi connectivity index (χ0) is 27.9. The zero-order valence-corrected chi connectivity index (χ0v) is 23.7. The Labute approximate surface area is 239 Å². The summed E-state index contributed by atoms with van der Waals surface area (Å²) in [7, 11) is 1.29. The molecule has 6 aliphatic rings. The summed E-state index contributed by atoms with van der Waals surface area (Å²) in [4.78, 5) is 46.5. The number of methoxy groups -OCH3 is 1. The molecule has 7 atom stereocenters. The molecular formula is C33H38N4O4. The second-order valence-corrected chi connectivity index (χ2v) is 13.4. The average molecular weight is 555 g/mol. The molecule has 4 saturated carbocycles. The number of benzene rings is 1. The molecule has 6 fully saturated rings. The predicted octanol–water partition coefficient (Wildman–Crippen LogP) is 4.53. The van der Waals surface area contributed by atoms with Crippen LogP contribution >= 0.6 is 0 Å². The van der Waals surface area contributed by atoms with Crippen LogP contribution in [-0.4, -0.2) is 49.7 Å². The summed E-state index contributed by atoms with van der Waals surface area (Å²) in [6.45, 7) is -0.211. The van der Waals surface area contributed by atoms with Crippen LogP contribution in [0.2, 0.25) is 0 Å². The molecule has 0 N–H and O–H groups in total. The third-order valence-electron chi connectivity index (χ3n) is 11.4. The van der Waals surface area contributed by atoms with Crippen LogP contribution in [0.5, 0.6) is 0 Å². The van der Waals surface area contributed by atoms with Crippen LogP contribution in [0.1, 0.15) is 70.3 Å². The highest BCUT2D eigenvalue weighted by Gasteiger charge is 2.65. The van der Waals surface area contributed by atoms with E-state index in [2.05, 4.69) is 4.90 Å². The van der Waals surface area contributed by atoms with Gasteiger partial charge in [-0.3, -0.25) is 19.3 Å². The van der Waals surface area contributed by atoms with Gasteiger partial charge in [-0.2, -0.15) is 0 Å². The van der Waals surface area contributed by atoms with Crippen molar-refractivity contribution in [2.75, 3.05) is 7.11 Å². The highest BCUT2D eigenvalue weighted by atomic mass is 16.5. The standard InChI is InChI=1S/C33H38N4O4/c1-41-30(39)19-35-18-21(10-12-29(35)38)31-32(40)36(28-8-3-2-7-27(28)34-31)25-14-23-5-4-6-24(15-25)37(23)33-16-20-9-11-26(33)22(13-20)17-33/h2-3,7-8,10,12,18,20,22-26H,4-6,9,11,13-17,19H2,1H3/t20-,22+,23-,24+,25+,26?,33-/m0/s1. The normalized spacial score (nSPS) is 33.9. The van der Waals surface area contributed by atoms with E-state index in [1.54, 1.807) is 12.3 Å². The second-order valence-electron chi connectivity index (χ2n) is 13.4. The number of aromatic nitrogens is 3. The van der Waals surface area contributed by atoms with Gasteiger partial charge in [-0.05, 0) is 87.3 Å². The van der Waals surface area contributed by atoms with Crippen LogP contribution in [0.15, 0.2) is 52.2 Å². The van der Waals surface area contributed by atoms with E-state index < -0.39 is 5.97 Å². The summed E-state index contributed by atoms with van der Waals surface area (Å²) in [5, 5.41) is 0. The summed E-state index contributed by atoms with van der Waals surface area (Å²) < 4.78 is 8.07. The van der Waals surface area contributed by atoms with Crippen molar-refractivity contribution in [3.8, 4) is 11.3 Å². The minimum absolute atomic E-state index is 0.106. The first-order valence-corrected chi connectivity index (χ1v) is 15.5. The van der Waals surface area contributed by atoms with E-state index in [4.69, 9.17) is 9.72 Å². The molecule has 0 spiro atoms. The third-order valence-corrected chi connectivity index (χ3v) is 11.4. The van der Waals surface area contributed by atoms with E-state index in [1.807, 2.05) is 28.8 Å². The number of pyridine rings is 1. The molecule has 8 heteroatoms. The van der Waals surface area contributed by atoms with Crippen molar-refractivity contribution in [3.05, 3.63) is 63.3 Å². The Morgan fingerprint density at radius 1 is 0.976 bits per heavy atom. The molecule has 1 aromatic carbocycles. The number of hydrogen-bond donors (Lipinski definition) is 0. The number of piperidine rings is 2. The lowest BCUT2D eigenvalue weighted by atomic mass is 9.42. The van der Waals surface area contributed by atoms with Crippen LogP contribution in [0, 0.1) is 17.8 Å². The van der Waals surface area contributed by atoms with Gasteiger partial charge >= 0.3 is 5.97 Å². The summed E-state index contributed by atoms with van der Waals surface area (Å²) in [6.07, 6.45) is 14.4. The maximum absolute atomic E-state index is 14.3. The van der Waals surface area contributed by atoms with Gasteiger partial charge in [0.2, 0.25) is 0 Å². The number of nitrogens with zero attached hydrogens (tertiary/aromatic N) is 4. The van der Waals surface area contributed by atoms with E-state index >= 15 is 0 Å². The van der Waals surface area contributed by atoms with Crippen molar-refractivity contribution in [2.45, 2.75) is 94.4 Å². The minimum Gasteiger partial charge on any atom is -0.468 e. The van der Waals surface area contributed by atoms with Gasteiger partial charge in [0, 0.05) is 41.5 Å². The van der Waals surface area contributed by atoms with Crippen molar-refractivity contribution < 1.29 is 9.53 Å². The smallest absolute Gasteiger partial charge is 0.325 e. The number of para-hydroxylation sites is 2. The van der Waals surface area contributed by atoms with Crippen molar-refractivity contribution in [1.29, 1.82) is 0 Å². The molecule has 4 aliphatic carbocycles. The van der Waals surface area contributed by atoms with Gasteiger partial charge < -0.3 is 13.9 Å². The fourth-order valence-electron chi connectivity index (χ4n) is 10.1. The molecule has 2 aromatic heterocycles. The molecule has 214 valence electrons. The van der Waals surface area contributed by atoms with E-state index in [1.165, 1.54) is 69.1 Å². The van der Waals surface area contributed by atoms with Crippen molar-refractivity contribution in [2.24, 2.45) is 17.8 Å². The van der Waals surface area contributed by atoms with E-state index in [-0.39, 0.29) is 23.7 Å². The number of rotatable bonds is 5. The van der Waals surface area contributed by atoms with E-state index in [9.17, 15) is 14.4 Å². The molecule has 41 heavy (non-hydrogen) atoms. The number of carbonyl (C=O) groups excluding carboxylic acids is 1. The Bertz CT molecular complexity index is 1650. The largest absolute Gasteiger partial charge is 0.468 e. The molecule has 3 aromatic rings. The van der Waals surface area contributed by atoms with Crippen molar-refractivity contribution in [1.82, 2.24) is 19.0 Å². The van der Waals surface area contributed by atoms with Crippen molar-refractivity contribution in [3.63, 3.8) is 0 Å². The van der Waals surface area contributed by atoms with E-state index in [0.29, 0.717) is 28.9 Å². The highest BCUT2D eigenvalue weighted by Crippen LogP contribution is 2.67. The lowest BCUT2D eigenvalue weighted by molar-refractivity contribution is -0.221. The Hall–Kier alpha value is -3.26. The van der Waals surface area contributed by atoms with Crippen LogP contribution in [-0.2, 0) is 16.1 Å². The van der Waals surface area contributed by atoms with Crippen LogP contribution in [0.3, 0.4) is 0 Å². The third kappa shape index (κ3) is 3.82. The topological polar surface area (TPSA) is 86.4 Å². The maximum atomic E-state index is 14.3. The molecule has 0 radical (unpaired) electrons. The molecule has 8 nitrogen and oxygen atoms in total. The molecule has 4 heterocycles. The second kappa shape index (κ2) is 9.38. The first-order chi connectivity index (χ1) is 19.9. The summed E-state index contributed by atoms with van der Waals surface area (Å²) in [5.41, 5.74) is 2.48. The minimum atomic E-state index is -0.519. The Morgan fingerprint density at radius 3 is 2.51 bits per heavy atom. The van der Waals surface area contributed by atoms with Gasteiger partial charge in [0.05, 0.1) is 18.1 Å². The Kier molecular flexibility index (Phi) is 5.82. The van der Waals surface area contributed by atoms with Crippen LogP contribution < -0.4 is 11.1 Å². The van der Waals surface area contributed by atoms with E-state index in [0.717, 1.165) is 41.6 Å². The van der Waals surface area contributed by atoms with Gasteiger partial charge in [0.25, 0.3) is 11.1 Å². The van der Waals surface area contributed by atoms with Gasteiger partial charge in [-0.15, -0.1) is 0 Å². The summed E-state index contributed by atoms with van der Waals surface area (Å²) in [6, 6.07) is 12.1. The zero-order valence-electron chi connectivity index (χ0n) is 23.7. The number of ether oxygens (including phenoxy) is 1. The molecule has 1 unspecified atom stereocenters. The maximum Gasteiger partial charge on any atom is 0.325 e. The first kappa shape index (κ1) is 25.5. The molecule has 9 rings (SSSR count). The first-order valence-electron chi connectivity index (χ1n) is 15.5. The summed E-state index contributed by atoms with van der Waals surface area (Å²) >= 11 is 0. The van der Waals surface area contributed by atoms with Gasteiger partial charge in [-0.25, -0.2) is 4.98 Å². The molecule has 6 bridgehead atoms. The Balaban J connectivity index is 1.19. The molecule has 2 aliphatic heterocycles. The predicted molar refractivity (Wildman–Crippen MR) is 156 cm³/mol. The van der Waals surface area contributed by atoms with Gasteiger partial charge in [0.15, 0.2) is 0 Å². The lowest BCUT2D eigenvalue weighted by Crippen LogP contribution is -2.75. The van der Waals surface area contributed by atoms with Crippen LogP contribution in [0.4, 0.5) is 0 Å². The monoisotopic (exact) mass is 554 g/mol. The molecule has 2 saturated heterocycles. The fourth-order valence-corrected chi connectivity index (χ4v) is 10.1. The number of fused-ring (bicyclic) bond motifs is 4. The molecule has 0 amide bonds. The van der Waals surface area contributed by atoms with Gasteiger partial charge in [0.1, 0.15) is 12.2 Å². The molecular weight excluding hydrogens is 516 g/mol.